The average molecular weight is 428 g/mol. The molecule has 0 spiro atoms. The van der Waals surface area contributed by atoms with E-state index < -0.39 is 6.10 Å². The lowest BCUT2D eigenvalue weighted by atomic mass is 9.63. The Hall–Kier alpha value is -3.21. The normalized spacial score (nSPS) is 32.5. The fourth-order valence-corrected chi connectivity index (χ4v) is 6.13. The lowest BCUT2D eigenvalue weighted by Crippen LogP contribution is -2.40. The third kappa shape index (κ3) is 2.73. The first-order valence-electron chi connectivity index (χ1n) is 11.4. The van der Waals surface area contributed by atoms with Gasteiger partial charge in [-0.3, -0.25) is 14.4 Å². The first-order chi connectivity index (χ1) is 15.5. The van der Waals surface area contributed by atoms with E-state index in [-0.39, 0.29) is 41.3 Å². The van der Waals surface area contributed by atoms with Crippen molar-refractivity contribution in [1.82, 2.24) is 0 Å². The summed E-state index contributed by atoms with van der Waals surface area (Å²) >= 11 is 0. The van der Waals surface area contributed by atoms with Crippen LogP contribution in [-0.4, -0.2) is 23.7 Å². The van der Waals surface area contributed by atoms with Crippen molar-refractivity contribution >= 4 is 23.3 Å². The fourth-order valence-electron chi connectivity index (χ4n) is 6.13. The van der Waals surface area contributed by atoms with Crippen LogP contribution in [0.2, 0.25) is 0 Å². The van der Waals surface area contributed by atoms with E-state index in [0.29, 0.717) is 28.8 Å². The molecule has 0 unspecified atom stereocenters. The zero-order valence-electron chi connectivity index (χ0n) is 18.1. The maximum atomic E-state index is 13.5. The van der Waals surface area contributed by atoms with E-state index in [4.69, 9.17) is 4.74 Å². The van der Waals surface area contributed by atoms with Gasteiger partial charge in [0, 0.05) is 5.56 Å². The molecule has 5 nitrogen and oxygen atoms in total. The Labute approximate surface area is 187 Å². The number of aryl methyl sites for hydroxylation is 1. The number of para-hydroxylation sites is 2. The second-order valence-corrected chi connectivity index (χ2v) is 9.62. The van der Waals surface area contributed by atoms with Crippen molar-refractivity contribution in [1.29, 1.82) is 0 Å². The molecule has 2 aromatic rings. The van der Waals surface area contributed by atoms with Crippen LogP contribution >= 0.6 is 0 Å². The zero-order chi connectivity index (χ0) is 22.1. The molecule has 3 fully saturated rings. The number of benzene rings is 2. The number of hydrogen-bond acceptors (Lipinski definition) is 4. The predicted molar refractivity (Wildman–Crippen MR) is 119 cm³/mol. The number of anilines is 1. The number of allylic oxidation sites excluding steroid dienone is 2. The van der Waals surface area contributed by atoms with Crippen molar-refractivity contribution in [3.05, 3.63) is 71.8 Å². The molecule has 1 aliphatic heterocycles. The zero-order valence-corrected chi connectivity index (χ0v) is 18.1. The molecule has 5 heteroatoms. The van der Waals surface area contributed by atoms with Crippen LogP contribution in [0.4, 0.5) is 5.69 Å². The highest BCUT2D eigenvalue weighted by Crippen LogP contribution is 2.65. The van der Waals surface area contributed by atoms with Crippen molar-refractivity contribution in [2.45, 2.75) is 26.4 Å². The molecule has 1 saturated heterocycles. The minimum absolute atomic E-state index is 0.127. The third-order valence-electron chi connectivity index (χ3n) is 7.78. The highest BCUT2D eigenvalue weighted by Gasteiger charge is 2.67. The van der Waals surface area contributed by atoms with Gasteiger partial charge in [0.15, 0.2) is 6.10 Å². The van der Waals surface area contributed by atoms with Crippen molar-refractivity contribution < 1.29 is 19.1 Å². The van der Waals surface area contributed by atoms with Gasteiger partial charge in [0.2, 0.25) is 17.6 Å². The summed E-state index contributed by atoms with van der Waals surface area (Å²) in [6.07, 6.45) is 4.71. The molecular weight excluding hydrogens is 402 g/mol. The Bertz CT molecular complexity index is 1130. The van der Waals surface area contributed by atoms with Gasteiger partial charge < -0.3 is 4.74 Å². The van der Waals surface area contributed by atoms with Gasteiger partial charge in [-0.2, -0.15) is 0 Å². The first-order valence-corrected chi connectivity index (χ1v) is 11.4. The molecule has 32 heavy (non-hydrogen) atoms. The number of carbonyl (C=O) groups excluding carboxylic acids is 3. The van der Waals surface area contributed by atoms with E-state index in [9.17, 15) is 14.4 Å². The second kappa shape index (κ2) is 6.89. The molecule has 0 aromatic heterocycles. The summed E-state index contributed by atoms with van der Waals surface area (Å²) in [6, 6.07) is 14.4. The topological polar surface area (TPSA) is 63.7 Å². The lowest BCUT2D eigenvalue weighted by Gasteiger charge is -2.37. The Morgan fingerprint density at radius 3 is 2.16 bits per heavy atom. The van der Waals surface area contributed by atoms with Crippen LogP contribution in [-0.2, 0) is 9.59 Å². The summed E-state index contributed by atoms with van der Waals surface area (Å²) in [6.45, 7) is 3.67. The van der Waals surface area contributed by atoms with Gasteiger partial charge in [0.25, 0.3) is 0 Å². The number of amides is 2. The number of ether oxygens (including phenoxy) is 1. The molecule has 0 radical (unpaired) electrons. The van der Waals surface area contributed by atoms with E-state index >= 15 is 0 Å². The molecule has 7 rings (SSSR count). The molecule has 7 atom stereocenters. The number of nitrogens with zero attached hydrogens (tertiary/aromatic N) is 1. The molecule has 2 amide bonds. The second-order valence-electron chi connectivity index (χ2n) is 9.62. The smallest absolute Gasteiger partial charge is 0.238 e. The molecule has 2 bridgehead atoms. The average Bonchev–Trinajstić information content (AvgIpc) is 3.58. The van der Waals surface area contributed by atoms with E-state index in [2.05, 4.69) is 12.2 Å². The highest BCUT2D eigenvalue weighted by molar-refractivity contribution is 6.23. The molecule has 2 saturated carbocycles. The van der Waals surface area contributed by atoms with Crippen molar-refractivity contribution in [3.63, 3.8) is 0 Å². The number of carbonyl (C=O) groups is 3. The van der Waals surface area contributed by atoms with Gasteiger partial charge in [-0.25, -0.2) is 4.90 Å². The Kier molecular flexibility index (Phi) is 4.19. The SMILES string of the molecule is Cc1ccc(C(=O)[C@@H](C)Oc2ccccc2N2C(=O)[C@@H]3[C@@H]4C=C[C@H]([C@H]5C[C@H]45)[C@@H]3C2=O)cc1. The molecule has 162 valence electrons. The summed E-state index contributed by atoms with van der Waals surface area (Å²) in [5.41, 5.74) is 2.09. The standard InChI is InChI=1S/C27H25NO4/c1-14-7-9-16(10-8-14)25(29)15(2)32-22-6-4-3-5-21(22)28-26(30)23-17-11-12-18(20-13-19(17)20)24(23)27(28)31/h3-12,15,17-20,23-24H,13H2,1-2H3/t15-,17-,18-,19-,20-,23-,24+/m1/s1. The largest absolute Gasteiger partial charge is 0.480 e. The van der Waals surface area contributed by atoms with E-state index in [1.807, 2.05) is 19.1 Å². The summed E-state index contributed by atoms with van der Waals surface area (Å²) in [7, 11) is 0. The monoisotopic (exact) mass is 427 g/mol. The summed E-state index contributed by atoms with van der Waals surface area (Å²) in [5, 5.41) is 0. The van der Waals surface area contributed by atoms with Crippen LogP contribution in [0.25, 0.3) is 0 Å². The maximum absolute atomic E-state index is 13.5. The van der Waals surface area contributed by atoms with Gasteiger partial charge in [0.05, 0.1) is 17.5 Å². The van der Waals surface area contributed by atoms with Gasteiger partial charge in [-0.15, -0.1) is 0 Å². The van der Waals surface area contributed by atoms with Gasteiger partial charge in [0.1, 0.15) is 5.75 Å². The molecule has 5 aliphatic rings. The fraction of sp³-hybridized carbons (Fsp3) is 0.370. The van der Waals surface area contributed by atoms with Crippen LogP contribution in [0.5, 0.6) is 5.75 Å². The third-order valence-corrected chi connectivity index (χ3v) is 7.78. The summed E-state index contributed by atoms with van der Waals surface area (Å²) in [4.78, 5) is 41.2. The first kappa shape index (κ1) is 19.5. The molecule has 4 aliphatic carbocycles. The molecular formula is C27H25NO4. The van der Waals surface area contributed by atoms with Crippen LogP contribution in [0.1, 0.15) is 29.3 Å². The minimum Gasteiger partial charge on any atom is -0.480 e. The van der Waals surface area contributed by atoms with Gasteiger partial charge in [-0.1, -0.05) is 54.1 Å². The summed E-state index contributed by atoms with van der Waals surface area (Å²) in [5.74, 6) is 0.917. The molecule has 0 N–H and O–H groups in total. The van der Waals surface area contributed by atoms with E-state index in [1.165, 1.54) is 4.90 Å². The number of hydrogen-bond donors (Lipinski definition) is 0. The number of rotatable bonds is 5. The quantitative estimate of drug-likeness (QED) is 0.408. The number of imide groups is 1. The van der Waals surface area contributed by atoms with Crippen LogP contribution in [0, 0.1) is 42.4 Å². The van der Waals surface area contributed by atoms with Crippen molar-refractivity contribution in [2.24, 2.45) is 35.5 Å². The lowest BCUT2D eigenvalue weighted by molar-refractivity contribution is -0.124. The van der Waals surface area contributed by atoms with Gasteiger partial charge >= 0.3 is 0 Å². The van der Waals surface area contributed by atoms with Crippen molar-refractivity contribution in [2.75, 3.05) is 4.90 Å². The minimum atomic E-state index is -0.751. The van der Waals surface area contributed by atoms with E-state index in [1.54, 1.807) is 43.3 Å². The van der Waals surface area contributed by atoms with Crippen LogP contribution < -0.4 is 9.64 Å². The predicted octanol–water partition coefficient (Wildman–Crippen LogP) is 4.20. The number of Topliss-reactive ketones (excluding diaryl/α,β-unsaturated/α-hetero) is 1. The Morgan fingerprint density at radius 1 is 0.938 bits per heavy atom. The highest BCUT2D eigenvalue weighted by atomic mass is 16.5. The van der Waals surface area contributed by atoms with E-state index in [0.717, 1.165) is 12.0 Å². The van der Waals surface area contributed by atoms with Crippen LogP contribution in [0.3, 0.4) is 0 Å². The molecule has 1 heterocycles. The Balaban J connectivity index is 1.29. The van der Waals surface area contributed by atoms with Crippen molar-refractivity contribution in [3.8, 4) is 5.75 Å². The number of ketones is 1. The maximum Gasteiger partial charge on any atom is 0.238 e. The van der Waals surface area contributed by atoms with Gasteiger partial charge in [-0.05, 0) is 56.1 Å². The Morgan fingerprint density at radius 2 is 1.53 bits per heavy atom. The summed E-state index contributed by atoms with van der Waals surface area (Å²) < 4.78 is 6.04. The molecule has 2 aromatic carbocycles. The van der Waals surface area contributed by atoms with Crippen LogP contribution in [0.15, 0.2) is 60.7 Å².